The average Bonchev–Trinajstić information content (AvgIpc) is 2.84. The van der Waals surface area contributed by atoms with E-state index >= 15 is 0 Å². The molecule has 0 radical (unpaired) electrons. The van der Waals surface area contributed by atoms with Gasteiger partial charge in [0.05, 0.1) is 30.8 Å². The lowest BCUT2D eigenvalue weighted by molar-refractivity contribution is -0.0769. The quantitative estimate of drug-likeness (QED) is 0.755. The van der Waals surface area contributed by atoms with E-state index in [1.165, 1.54) is 12.2 Å². The average molecular weight is 368 g/mol. The summed E-state index contributed by atoms with van der Waals surface area (Å²) in [5.74, 6) is 0.303. The Balaban J connectivity index is 2.36. The smallest absolute Gasteiger partial charge is 0.281 e. The van der Waals surface area contributed by atoms with Crippen molar-refractivity contribution >= 4 is 40.1 Å². The minimum Gasteiger partial charge on any atom is -0.496 e. The predicted molar refractivity (Wildman–Crippen MR) is 72.3 cm³/mol. The third kappa shape index (κ3) is 2.66. The van der Waals surface area contributed by atoms with E-state index in [-0.39, 0.29) is 5.91 Å². The maximum absolute atomic E-state index is 12.2. The number of ether oxygens (including phenoxy) is 1. The Kier molecular flexibility index (Phi) is 4.11. The lowest BCUT2D eigenvalue weighted by Gasteiger charge is -2.16. The van der Waals surface area contributed by atoms with Gasteiger partial charge in [0.15, 0.2) is 0 Å². The van der Waals surface area contributed by atoms with Crippen molar-refractivity contribution in [2.45, 2.75) is 6.42 Å². The fourth-order valence-electron chi connectivity index (χ4n) is 1.61. The highest BCUT2D eigenvalue weighted by Crippen LogP contribution is 2.29. The molecule has 6 heteroatoms. The maximum Gasteiger partial charge on any atom is 0.281 e. The van der Waals surface area contributed by atoms with Gasteiger partial charge in [0, 0.05) is 3.57 Å². The molecular formula is C11H11ClINO3. The number of hydrogen-bond donors (Lipinski definition) is 0. The normalized spacial score (nSPS) is 15.1. The lowest BCUT2D eigenvalue weighted by atomic mass is 10.2. The molecule has 0 saturated carbocycles. The first-order valence-electron chi connectivity index (χ1n) is 5.11. The van der Waals surface area contributed by atoms with E-state index in [0.29, 0.717) is 29.5 Å². The molecule has 0 aliphatic carbocycles. The fourth-order valence-corrected chi connectivity index (χ4v) is 2.21. The number of halogens is 2. The molecule has 0 aromatic heterocycles. The van der Waals surface area contributed by atoms with Crippen LogP contribution in [0, 0.1) is 3.57 Å². The van der Waals surface area contributed by atoms with Gasteiger partial charge in [0.1, 0.15) is 5.75 Å². The van der Waals surface area contributed by atoms with E-state index in [1.807, 2.05) is 0 Å². The second-order valence-electron chi connectivity index (χ2n) is 3.56. The van der Waals surface area contributed by atoms with Crippen molar-refractivity contribution in [3.05, 3.63) is 26.3 Å². The SMILES string of the molecule is COc1cc(I)c(Cl)cc1C(=O)N1CCCO1. The van der Waals surface area contributed by atoms with Crippen molar-refractivity contribution < 1.29 is 14.4 Å². The van der Waals surface area contributed by atoms with Crippen molar-refractivity contribution in [3.8, 4) is 5.75 Å². The van der Waals surface area contributed by atoms with E-state index in [2.05, 4.69) is 22.6 Å². The molecule has 0 N–H and O–H groups in total. The standard InChI is InChI=1S/C11H11ClINO3/c1-16-10-6-9(13)8(12)5-7(10)11(15)14-3-2-4-17-14/h5-6H,2-4H2,1H3. The van der Waals surface area contributed by atoms with Crippen LogP contribution < -0.4 is 4.74 Å². The first-order valence-corrected chi connectivity index (χ1v) is 6.57. The molecule has 1 aromatic carbocycles. The summed E-state index contributed by atoms with van der Waals surface area (Å²) >= 11 is 8.11. The van der Waals surface area contributed by atoms with Crippen LogP contribution in [0.4, 0.5) is 0 Å². The van der Waals surface area contributed by atoms with Crippen LogP contribution in [0.3, 0.4) is 0 Å². The zero-order valence-electron chi connectivity index (χ0n) is 9.20. The summed E-state index contributed by atoms with van der Waals surface area (Å²) in [4.78, 5) is 17.4. The third-order valence-electron chi connectivity index (χ3n) is 2.45. The van der Waals surface area contributed by atoms with Crippen LogP contribution in [0.25, 0.3) is 0 Å². The molecule has 1 heterocycles. The summed E-state index contributed by atoms with van der Waals surface area (Å²) in [7, 11) is 1.53. The van der Waals surface area contributed by atoms with Gasteiger partial charge in [-0.2, -0.15) is 0 Å². The van der Waals surface area contributed by atoms with Gasteiger partial charge in [0.2, 0.25) is 0 Å². The maximum atomic E-state index is 12.2. The molecule has 17 heavy (non-hydrogen) atoms. The van der Waals surface area contributed by atoms with Gasteiger partial charge in [-0.15, -0.1) is 0 Å². The first kappa shape index (κ1) is 12.9. The molecule has 0 bridgehead atoms. The number of hydrogen-bond acceptors (Lipinski definition) is 3. The Morgan fingerprint density at radius 3 is 2.94 bits per heavy atom. The van der Waals surface area contributed by atoms with Crippen LogP contribution in [-0.4, -0.2) is 31.2 Å². The van der Waals surface area contributed by atoms with Crippen LogP contribution >= 0.6 is 34.2 Å². The van der Waals surface area contributed by atoms with E-state index in [1.54, 1.807) is 12.1 Å². The second kappa shape index (κ2) is 5.41. The van der Waals surface area contributed by atoms with Gasteiger partial charge < -0.3 is 4.74 Å². The van der Waals surface area contributed by atoms with Crippen LogP contribution in [0.2, 0.25) is 5.02 Å². The third-order valence-corrected chi connectivity index (χ3v) is 3.98. The summed E-state index contributed by atoms with van der Waals surface area (Å²) in [6.45, 7) is 1.18. The minimum absolute atomic E-state index is 0.211. The molecule has 1 fully saturated rings. The van der Waals surface area contributed by atoms with Gasteiger partial charge in [-0.25, -0.2) is 5.06 Å². The summed E-state index contributed by atoms with van der Waals surface area (Å²) in [5.41, 5.74) is 0.430. The highest BCUT2D eigenvalue weighted by atomic mass is 127. The van der Waals surface area contributed by atoms with Crippen LogP contribution in [0.1, 0.15) is 16.8 Å². The Hall–Kier alpha value is -0.530. The van der Waals surface area contributed by atoms with Crippen molar-refractivity contribution in [1.82, 2.24) is 5.06 Å². The number of rotatable bonds is 2. The monoisotopic (exact) mass is 367 g/mol. The number of amides is 1. The summed E-state index contributed by atoms with van der Waals surface area (Å²) < 4.78 is 6.04. The van der Waals surface area contributed by atoms with Crippen molar-refractivity contribution in [3.63, 3.8) is 0 Å². The van der Waals surface area contributed by atoms with E-state index in [4.69, 9.17) is 21.2 Å². The molecule has 92 valence electrons. The first-order chi connectivity index (χ1) is 8.13. The summed E-state index contributed by atoms with van der Waals surface area (Å²) in [6, 6.07) is 3.36. The topological polar surface area (TPSA) is 38.8 Å². The largest absolute Gasteiger partial charge is 0.496 e. The molecule has 1 amide bonds. The van der Waals surface area contributed by atoms with Crippen molar-refractivity contribution in [2.24, 2.45) is 0 Å². The highest BCUT2D eigenvalue weighted by molar-refractivity contribution is 14.1. The number of benzene rings is 1. The van der Waals surface area contributed by atoms with Crippen LogP contribution in [0.5, 0.6) is 5.75 Å². The van der Waals surface area contributed by atoms with Gasteiger partial charge >= 0.3 is 0 Å². The van der Waals surface area contributed by atoms with E-state index in [9.17, 15) is 4.79 Å². The second-order valence-corrected chi connectivity index (χ2v) is 5.13. The molecule has 0 unspecified atom stereocenters. The molecule has 0 spiro atoms. The number of hydroxylamine groups is 2. The Bertz CT molecular complexity index is 447. The predicted octanol–water partition coefficient (Wildman–Crippen LogP) is 2.73. The molecule has 1 aliphatic heterocycles. The Labute approximate surface area is 118 Å². The van der Waals surface area contributed by atoms with E-state index < -0.39 is 0 Å². The molecule has 2 rings (SSSR count). The van der Waals surface area contributed by atoms with Crippen LogP contribution in [-0.2, 0) is 4.84 Å². The number of carbonyl (C=O) groups excluding carboxylic acids is 1. The summed E-state index contributed by atoms with van der Waals surface area (Å²) in [5, 5.41) is 1.88. The number of carbonyl (C=O) groups is 1. The Morgan fingerprint density at radius 2 is 2.35 bits per heavy atom. The highest BCUT2D eigenvalue weighted by Gasteiger charge is 2.24. The minimum atomic E-state index is -0.211. The number of nitrogens with zero attached hydrogens (tertiary/aromatic N) is 1. The zero-order chi connectivity index (χ0) is 12.4. The van der Waals surface area contributed by atoms with Crippen LogP contribution in [0.15, 0.2) is 12.1 Å². The van der Waals surface area contributed by atoms with Gasteiger partial charge in [0.25, 0.3) is 5.91 Å². The fraction of sp³-hybridized carbons (Fsp3) is 0.364. The molecule has 1 aromatic rings. The molecule has 1 saturated heterocycles. The molecule has 0 atom stereocenters. The lowest BCUT2D eigenvalue weighted by Crippen LogP contribution is -2.27. The van der Waals surface area contributed by atoms with Gasteiger partial charge in [-0.05, 0) is 41.1 Å². The Morgan fingerprint density at radius 1 is 1.59 bits per heavy atom. The molecular weight excluding hydrogens is 356 g/mol. The molecule has 4 nitrogen and oxygen atoms in total. The number of methoxy groups -OCH3 is 1. The van der Waals surface area contributed by atoms with Gasteiger partial charge in [-0.1, -0.05) is 11.6 Å². The van der Waals surface area contributed by atoms with Crippen molar-refractivity contribution in [1.29, 1.82) is 0 Å². The van der Waals surface area contributed by atoms with Gasteiger partial charge in [-0.3, -0.25) is 9.63 Å². The molecule has 1 aliphatic rings. The summed E-state index contributed by atoms with van der Waals surface area (Å²) in [6.07, 6.45) is 0.853. The van der Waals surface area contributed by atoms with E-state index in [0.717, 1.165) is 9.99 Å². The zero-order valence-corrected chi connectivity index (χ0v) is 12.1. The van der Waals surface area contributed by atoms with Crippen molar-refractivity contribution in [2.75, 3.05) is 20.3 Å².